The van der Waals surface area contributed by atoms with E-state index in [0.717, 1.165) is 38.9 Å². The van der Waals surface area contributed by atoms with E-state index in [1.165, 1.54) is 6.07 Å². The highest BCUT2D eigenvalue weighted by atomic mass is 16.5. The number of aliphatic hydroxyl groups is 1. The highest BCUT2D eigenvalue weighted by Gasteiger charge is 2.09. The Labute approximate surface area is 171 Å². The van der Waals surface area contributed by atoms with Crippen LogP contribution in [-0.2, 0) is 9.47 Å². The van der Waals surface area contributed by atoms with Gasteiger partial charge in [0, 0.05) is 18.6 Å². The molecule has 1 aromatic carbocycles. The van der Waals surface area contributed by atoms with E-state index in [1.54, 1.807) is 18.2 Å². The van der Waals surface area contributed by atoms with Crippen molar-refractivity contribution in [1.82, 2.24) is 0 Å². The molecule has 0 aliphatic carbocycles. The maximum absolute atomic E-state index is 11.6. The summed E-state index contributed by atoms with van der Waals surface area (Å²) in [6, 6.07) is 8.60. The lowest BCUT2D eigenvalue weighted by Gasteiger charge is -2.08. The number of hydrogen-bond donors (Lipinski definition) is 1. The predicted octanol–water partition coefficient (Wildman–Crippen LogP) is 3.66. The first kappa shape index (κ1) is 24.6. The second kappa shape index (κ2) is 15.5. The summed E-state index contributed by atoms with van der Waals surface area (Å²) >= 11 is 0. The fraction of sp³-hybridized carbons (Fsp3) is 0.545. The summed E-state index contributed by atoms with van der Waals surface area (Å²) in [5.74, 6) is 0.480. The van der Waals surface area contributed by atoms with Gasteiger partial charge in [0.2, 0.25) is 0 Å². The number of rotatable bonds is 12. The number of aliphatic hydroxyl groups excluding tert-OH is 1. The van der Waals surface area contributed by atoms with E-state index in [4.69, 9.17) is 29.0 Å². The second-order valence-corrected chi connectivity index (χ2v) is 6.24. The van der Waals surface area contributed by atoms with Crippen LogP contribution in [0.3, 0.4) is 0 Å². The standard InChI is InChI=1S/C16H17NO4.C6H14O2/c1-2-3-7-19-8-9-20-14-6-4-5-12-10-13(11-17)16(18)21-15(12)14;1-2-3-5-8-6-4-7/h4-6,10H,2-3,7-9H2,1H3;7H,2-6H2,1H3. The first-order chi connectivity index (χ1) is 14.2. The molecule has 0 saturated carbocycles. The number of nitriles is 1. The molecule has 0 amide bonds. The number of fused-ring (bicyclic) bond motifs is 1. The van der Waals surface area contributed by atoms with Crippen LogP contribution in [0, 0.1) is 11.3 Å². The van der Waals surface area contributed by atoms with Crippen molar-refractivity contribution in [1.29, 1.82) is 5.26 Å². The molecule has 7 nitrogen and oxygen atoms in total. The van der Waals surface area contributed by atoms with Crippen LogP contribution < -0.4 is 10.4 Å². The fourth-order valence-corrected chi connectivity index (χ4v) is 2.28. The van der Waals surface area contributed by atoms with Crippen molar-refractivity contribution in [3.05, 3.63) is 40.2 Å². The fourth-order valence-electron chi connectivity index (χ4n) is 2.28. The molecule has 1 heterocycles. The first-order valence-electron chi connectivity index (χ1n) is 10.0. The number of para-hydroxylation sites is 1. The smallest absolute Gasteiger partial charge is 0.354 e. The van der Waals surface area contributed by atoms with Gasteiger partial charge in [0.25, 0.3) is 0 Å². The summed E-state index contributed by atoms with van der Waals surface area (Å²) in [5.41, 5.74) is -0.308. The molecule has 160 valence electrons. The van der Waals surface area contributed by atoms with Crippen LogP contribution in [0.2, 0.25) is 0 Å². The highest BCUT2D eigenvalue weighted by Crippen LogP contribution is 2.24. The minimum atomic E-state index is -0.653. The first-order valence-corrected chi connectivity index (χ1v) is 10.0. The van der Waals surface area contributed by atoms with Crippen LogP contribution in [0.5, 0.6) is 5.75 Å². The molecule has 1 aromatic heterocycles. The molecular formula is C22H31NO6. The lowest BCUT2D eigenvalue weighted by molar-refractivity contribution is 0.0904. The minimum Gasteiger partial charge on any atom is -0.487 e. The SMILES string of the molecule is CCCCOCCO.CCCCOCCOc1cccc2cc(C#N)c(=O)oc12. The number of unbranched alkanes of at least 4 members (excludes halogenated alkanes) is 2. The lowest BCUT2D eigenvalue weighted by atomic mass is 10.2. The molecule has 7 heteroatoms. The zero-order chi connectivity index (χ0) is 21.3. The Balaban J connectivity index is 0.000000447. The van der Waals surface area contributed by atoms with Crippen molar-refractivity contribution in [2.45, 2.75) is 39.5 Å². The molecule has 0 unspecified atom stereocenters. The molecular weight excluding hydrogens is 374 g/mol. The Hall–Kier alpha value is -2.40. The van der Waals surface area contributed by atoms with Crippen LogP contribution >= 0.6 is 0 Å². The van der Waals surface area contributed by atoms with Crippen molar-refractivity contribution >= 4 is 11.0 Å². The Kier molecular flexibility index (Phi) is 13.2. The summed E-state index contributed by atoms with van der Waals surface area (Å²) in [6.07, 6.45) is 4.38. The monoisotopic (exact) mass is 405 g/mol. The quantitative estimate of drug-likeness (QED) is 0.425. The van der Waals surface area contributed by atoms with E-state index < -0.39 is 5.63 Å². The molecule has 0 spiro atoms. The van der Waals surface area contributed by atoms with Gasteiger partial charge in [0.1, 0.15) is 18.2 Å². The zero-order valence-electron chi connectivity index (χ0n) is 17.3. The normalized spacial score (nSPS) is 10.3. The van der Waals surface area contributed by atoms with Gasteiger partial charge in [-0.3, -0.25) is 0 Å². The van der Waals surface area contributed by atoms with Crippen LogP contribution in [0.1, 0.15) is 45.1 Å². The molecule has 0 atom stereocenters. The third-order valence-electron chi connectivity index (χ3n) is 3.85. The van der Waals surface area contributed by atoms with Crippen LogP contribution in [0.4, 0.5) is 0 Å². The maximum atomic E-state index is 11.6. The lowest BCUT2D eigenvalue weighted by Crippen LogP contribution is -2.08. The molecule has 0 radical (unpaired) electrons. The largest absolute Gasteiger partial charge is 0.487 e. The Morgan fingerprint density at radius 3 is 2.34 bits per heavy atom. The van der Waals surface area contributed by atoms with E-state index in [9.17, 15) is 4.79 Å². The van der Waals surface area contributed by atoms with Gasteiger partial charge in [0.05, 0.1) is 19.8 Å². The topological polar surface area (TPSA) is 102 Å². The van der Waals surface area contributed by atoms with E-state index in [2.05, 4.69) is 13.8 Å². The predicted molar refractivity (Wildman–Crippen MR) is 111 cm³/mol. The number of ether oxygens (including phenoxy) is 3. The van der Waals surface area contributed by atoms with Gasteiger partial charge in [-0.2, -0.15) is 5.26 Å². The van der Waals surface area contributed by atoms with Crippen molar-refractivity contribution in [3.63, 3.8) is 0 Å². The Morgan fingerprint density at radius 1 is 1.03 bits per heavy atom. The molecule has 29 heavy (non-hydrogen) atoms. The van der Waals surface area contributed by atoms with Crippen molar-refractivity contribution < 1.29 is 23.7 Å². The molecule has 2 rings (SSSR count). The van der Waals surface area contributed by atoms with Crippen molar-refractivity contribution in [2.24, 2.45) is 0 Å². The molecule has 0 fully saturated rings. The van der Waals surface area contributed by atoms with Crippen LogP contribution in [0.15, 0.2) is 33.5 Å². The molecule has 1 N–H and O–H groups in total. The summed E-state index contributed by atoms with van der Waals surface area (Å²) in [4.78, 5) is 11.6. The third-order valence-corrected chi connectivity index (χ3v) is 3.85. The number of nitrogens with zero attached hydrogens (tertiary/aromatic N) is 1. The summed E-state index contributed by atoms with van der Waals surface area (Å²) in [5, 5.41) is 17.7. The molecule has 0 saturated heterocycles. The van der Waals surface area contributed by atoms with E-state index in [-0.39, 0.29) is 12.2 Å². The van der Waals surface area contributed by atoms with Crippen molar-refractivity contribution in [3.8, 4) is 11.8 Å². The van der Waals surface area contributed by atoms with E-state index in [1.807, 2.05) is 6.07 Å². The number of hydrogen-bond acceptors (Lipinski definition) is 7. The third kappa shape index (κ3) is 9.57. The van der Waals surface area contributed by atoms with Gasteiger partial charge in [-0.25, -0.2) is 4.79 Å². The average Bonchev–Trinajstić information content (AvgIpc) is 2.74. The highest BCUT2D eigenvalue weighted by molar-refractivity contribution is 5.83. The van der Waals surface area contributed by atoms with E-state index >= 15 is 0 Å². The van der Waals surface area contributed by atoms with Crippen LogP contribution in [0.25, 0.3) is 11.0 Å². The van der Waals surface area contributed by atoms with Gasteiger partial charge >= 0.3 is 5.63 Å². The summed E-state index contributed by atoms with van der Waals surface area (Å²) in [7, 11) is 0. The van der Waals surface area contributed by atoms with Gasteiger partial charge in [0.15, 0.2) is 11.3 Å². The summed E-state index contributed by atoms with van der Waals surface area (Å²) < 4.78 is 21.1. The molecule has 2 aromatic rings. The van der Waals surface area contributed by atoms with Gasteiger partial charge in [-0.05, 0) is 25.0 Å². The molecule has 0 aliphatic heterocycles. The van der Waals surface area contributed by atoms with Gasteiger partial charge in [-0.1, -0.05) is 38.8 Å². The zero-order valence-corrected chi connectivity index (χ0v) is 17.3. The Bertz CT molecular complexity index is 790. The van der Waals surface area contributed by atoms with Gasteiger partial charge < -0.3 is 23.7 Å². The second-order valence-electron chi connectivity index (χ2n) is 6.24. The van der Waals surface area contributed by atoms with Gasteiger partial charge in [-0.15, -0.1) is 0 Å². The molecule has 0 bridgehead atoms. The van der Waals surface area contributed by atoms with Crippen molar-refractivity contribution in [2.75, 3.05) is 39.6 Å². The summed E-state index contributed by atoms with van der Waals surface area (Å²) in [6.45, 7) is 7.22. The Morgan fingerprint density at radius 2 is 1.72 bits per heavy atom. The van der Waals surface area contributed by atoms with E-state index in [0.29, 0.717) is 36.5 Å². The minimum absolute atomic E-state index is 0.0115. The number of benzene rings is 1. The average molecular weight is 405 g/mol. The molecule has 0 aliphatic rings. The maximum Gasteiger partial charge on any atom is 0.354 e. The van der Waals surface area contributed by atoms with Crippen LogP contribution in [-0.4, -0.2) is 44.7 Å².